The van der Waals surface area contributed by atoms with Crippen molar-refractivity contribution in [1.82, 2.24) is 0 Å². The van der Waals surface area contributed by atoms with Crippen molar-refractivity contribution < 1.29 is 22.3 Å². The van der Waals surface area contributed by atoms with Gasteiger partial charge in [-0.05, 0) is 67.7 Å². The lowest BCUT2D eigenvalue weighted by molar-refractivity contribution is -0.275. The van der Waals surface area contributed by atoms with Gasteiger partial charge in [-0.25, -0.2) is 4.39 Å². The van der Waals surface area contributed by atoms with Gasteiger partial charge in [0, 0.05) is 0 Å². The van der Waals surface area contributed by atoms with Crippen molar-refractivity contribution in [2.75, 3.05) is 0 Å². The molecular weight excluding hydrogens is 332 g/mol. The van der Waals surface area contributed by atoms with Gasteiger partial charge in [-0.15, -0.1) is 13.2 Å². The molecule has 1 aliphatic rings. The fourth-order valence-electron chi connectivity index (χ4n) is 3.44. The Bertz CT molecular complexity index is 735. The Morgan fingerprint density at radius 2 is 1.80 bits per heavy atom. The summed E-state index contributed by atoms with van der Waals surface area (Å²) >= 11 is 0. The van der Waals surface area contributed by atoms with Crippen molar-refractivity contribution in [3.8, 4) is 5.75 Å². The minimum atomic E-state index is -4.87. The molecule has 1 atom stereocenters. The quantitative estimate of drug-likeness (QED) is 0.635. The van der Waals surface area contributed by atoms with Crippen LogP contribution in [-0.2, 0) is 19.3 Å². The van der Waals surface area contributed by atoms with Crippen LogP contribution in [0, 0.1) is 18.7 Å². The SMILES string of the molecule is Cc1ccc(CCC2CCc3c(ccc(OC(F)(F)F)c3F)C2)cc1. The molecule has 0 N–H and O–H groups in total. The van der Waals surface area contributed by atoms with Crippen molar-refractivity contribution >= 4 is 0 Å². The lowest BCUT2D eigenvalue weighted by Gasteiger charge is -2.26. The smallest absolute Gasteiger partial charge is 0.403 e. The van der Waals surface area contributed by atoms with Gasteiger partial charge in [0.05, 0.1) is 0 Å². The molecule has 1 aliphatic carbocycles. The molecule has 0 spiro atoms. The number of halogens is 4. The minimum Gasteiger partial charge on any atom is -0.403 e. The Hall–Kier alpha value is -2.04. The van der Waals surface area contributed by atoms with Crippen LogP contribution >= 0.6 is 0 Å². The number of aryl methyl sites for hydroxylation is 2. The summed E-state index contributed by atoms with van der Waals surface area (Å²) in [4.78, 5) is 0. The first-order valence-electron chi connectivity index (χ1n) is 8.43. The molecule has 2 aromatic rings. The molecule has 1 unspecified atom stereocenters. The van der Waals surface area contributed by atoms with E-state index in [4.69, 9.17) is 0 Å². The van der Waals surface area contributed by atoms with E-state index in [1.54, 1.807) is 6.07 Å². The maximum atomic E-state index is 14.3. The third-order valence-corrected chi connectivity index (χ3v) is 4.80. The van der Waals surface area contributed by atoms with Crippen molar-refractivity contribution in [2.45, 2.75) is 45.4 Å². The van der Waals surface area contributed by atoms with E-state index in [1.807, 2.05) is 6.92 Å². The molecule has 1 nitrogen and oxygen atoms in total. The van der Waals surface area contributed by atoms with Crippen molar-refractivity contribution in [2.24, 2.45) is 5.92 Å². The maximum absolute atomic E-state index is 14.3. The molecule has 0 aromatic heterocycles. The van der Waals surface area contributed by atoms with E-state index < -0.39 is 17.9 Å². The van der Waals surface area contributed by atoms with Gasteiger partial charge in [-0.1, -0.05) is 35.9 Å². The van der Waals surface area contributed by atoms with Gasteiger partial charge in [0.15, 0.2) is 11.6 Å². The molecule has 0 bridgehead atoms. The number of alkyl halides is 3. The number of ether oxygens (including phenoxy) is 1. The second-order valence-corrected chi connectivity index (χ2v) is 6.70. The first kappa shape index (κ1) is 17.8. The van der Waals surface area contributed by atoms with Crippen LogP contribution in [0.1, 0.15) is 35.1 Å². The summed E-state index contributed by atoms with van der Waals surface area (Å²) in [5.41, 5.74) is 3.67. The summed E-state index contributed by atoms with van der Waals surface area (Å²) in [5.74, 6) is -1.18. The summed E-state index contributed by atoms with van der Waals surface area (Å²) in [6.07, 6.45) is -0.992. The molecule has 2 aromatic carbocycles. The number of rotatable bonds is 4. The highest BCUT2D eigenvalue weighted by molar-refractivity contribution is 5.39. The van der Waals surface area contributed by atoms with Gasteiger partial charge >= 0.3 is 6.36 Å². The Balaban J connectivity index is 1.65. The lowest BCUT2D eigenvalue weighted by atomic mass is 9.81. The monoisotopic (exact) mass is 352 g/mol. The van der Waals surface area contributed by atoms with E-state index in [2.05, 4.69) is 29.0 Å². The summed E-state index contributed by atoms with van der Waals surface area (Å²) in [6, 6.07) is 11.1. The Morgan fingerprint density at radius 3 is 2.48 bits per heavy atom. The van der Waals surface area contributed by atoms with E-state index in [1.165, 1.54) is 11.1 Å². The highest BCUT2D eigenvalue weighted by Crippen LogP contribution is 2.35. The third kappa shape index (κ3) is 4.53. The van der Waals surface area contributed by atoms with Gasteiger partial charge in [0.2, 0.25) is 0 Å². The molecule has 134 valence electrons. The van der Waals surface area contributed by atoms with Crippen LogP contribution in [0.15, 0.2) is 36.4 Å². The van der Waals surface area contributed by atoms with Crippen LogP contribution in [0.2, 0.25) is 0 Å². The number of hydrogen-bond donors (Lipinski definition) is 0. The standard InChI is InChI=1S/C20H20F4O/c1-13-2-4-14(5-3-13)6-7-15-8-10-17-16(12-15)9-11-18(19(17)21)25-20(22,23)24/h2-5,9,11,15H,6-8,10,12H2,1H3. The average Bonchev–Trinajstić information content (AvgIpc) is 2.56. The molecule has 25 heavy (non-hydrogen) atoms. The second-order valence-electron chi connectivity index (χ2n) is 6.70. The van der Waals surface area contributed by atoms with E-state index in [9.17, 15) is 17.6 Å². The average molecular weight is 352 g/mol. The fourth-order valence-corrected chi connectivity index (χ4v) is 3.44. The molecule has 0 amide bonds. The molecule has 5 heteroatoms. The van der Waals surface area contributed by atoms with E-state index in [-0.39, 0.29) is 0 Å². The fraction of sp³-hybridized carbons (Fsp3) is 0.400. The largest absolute Gasteiger partial charge is 0.573 e. The normalized spacial score (nSPS) is 17.2. The lowest BCUT2D eigenvalue weighted by Crippen LogP contribution is -2.20. The predicted molar refractivity (Wildman–Crippen MR) is 88.1 cm³/mol. The summed E-state index contributed by atoms with van der Waals surface area (Å²) in [7, 11) is 0. The van der Waals surface area contributed by atoms with Crippen LogP contribution < -0.4 is 4.74 Å². The van der Waals surface area contributed by atoms with Crippen molar-refractivity contribution in [3.63, 3.8) is 0 Å². The highest BCUT2D eigenvalue weighted by Gasteiger charge is 2.33. The zero-order chi connectivity index (χ0) is 18.0. The van der Waals surface area contributed by atoms with Crippen LogP contribution in [0.5, 0.6) is 5.75 Å². The Kier molecular flexibility index (Phi) is 5.02. The second kappa shape index (κ2) is 7.06. The molecule has 0 heterocycles. The van der Waals surface area contributed by atoms with Crippen LogP contribution in [-0.4, -0.2) is 6.36 Å². The highest BCUT2D eigenvalue weighted by atomic mass is 19.4. The van der Waals surface area contributed by atoms with E-state index in [0.29, 0.717) is 24.3 Å². The summed E-state index contributed by atoms with van der Waals surface area (Å²) < 4.78 is 55.0. The molecule has 3 rings (SSSR count). The van der Waals surface area contributed by atoms with Crippen molar-refractivity contribution in [3.05, 3.63) is 64.5 Å². The summed E-state index contributed by atoms with van der Waals surface area (Å²) in [6.45, 7) is 2.05. The van der Waals surface area contributed by atoms with Gasteiger partial charge in [0.25, 0.3) is 0 Å². The molecular formula is C20H20F4O. The van der Waals surface area contributed by atoms with Crippen LogP contribution in [0.3, 0.4) is 0 Å². The van der Waals surface area contributed by atoms with Crippen LogP contribution in [0.25, 0.3) is 0 Å². The van der Waals surface area contributed by atoms with Gasteiger partial charge in [-0.3, -0.25) is 0 Å². The molecule has 0 saturated carbocycles. The first-order valence-corrected chi connectivity index (χ1v) is 8.43. The zero-order valence-electron chi connectivity index (χ0n) is 14.0. The number of benzene rings is 2. The Morgan fingerprint density at radius 1 is 1.08 bits per heavy atom. The predicted octanol–water partition coefficient (Wildman–Crippen LogP) is 5.77. The Labute approximate surface area is 144 Å². The first-order chi connectivity index (χ1) is 11.8. The van der Waals surface area contributed by atoms with Gasteiger partial charge < -0.3 is 4.74 Å². The molecule has 0 aliphatic heterocycles. The minimum absolute atomic E-state index is 0.369. The van der Waals surface area contributed by atoms with Gasteiger partial charge in [-0.2, -0.15) is 0 Å². The maximum Gasteiger partial charge on any atom is 0.573 e. The summed E-state index contributed by atoms with van der Waals surface area (Å²) in [5, 5.41) is 0. The van der Waals surface area contributed by atoms with Crippen molar-refractivity contribution in [1.29, 1.82) is 0 Å². The number of fused-ring (bicyclic) bond motifs is 1. The van der Waals surface area contributed by atoms with E-state index >= 15 is 0 Å². The molecule has 0 radical (unpaired) electrons. The zero-order valence-corrected chi connectivity index (χ0v) is 14.0. The molecule has 0 fully saturated rings. The van der Waals surface area contributed by atoms with Gasteiger partial charge in [0.1, 0.15) is 0 Å². The molecule has 0 saturated heterocycles. The number of hydrogen-bond acceptors (Lipinski definition) is 1. The topological polar surface area (TPSA) is 9.23 Å². The van der Waals surface area contributed by atoms with E-state index in [0.717, 1.165) is 30.9 Å². The van der Waals surface area contributed by atoms with Crippen LogP contribution in [0.4, 0.5) is 17.6 Å². The third-order valence-electron chi connectivity index (χ3n) is 4.80.